The van der Waals surface area contributed by atoms with Gasteiger partial charge in [-0.25, -0.2) is 0 Å². The van der Waals surface area contributed by atoms with Gasteiger partial charge in [0.2, 0.25) is 0 Å². The van der Waals surface area contributed by atoms with Crippen LogP contribution in [0.4, 0.5) is 0 Å². The lowest BCUT2D eigenvalue weighted by atomic mass is 9.82. The van der Waals surface area contributed by atoms with Gasteiger partial charge in [-0.05, 0) is 43.4 Å². The van der Waals surface area contributed by atoms with E-state index in [0.29, 0.717) is 0 Å². The van der Waals surface area contributed by atoms with Crippen LogP contribution in [0.15, 0.2) is 24.3 Å². The van der Waals surface area contributed by atoms with Gasteiger partial charge in [0.05, 0.1) is 0 Å². The largest absolute Gasteiger partial charge is 0.307 e. The molecule has 1 unspecified atom stereocenters. The van der Waals surface area contributed by atoms with E-state index in [9.17, 15) is 0 Å². The molecule has 2 rings (SSSR count). The van der Waals surface area contributed by atoms with Crippen LogP contribution in [0, 0.1) is 5.92 Å². The van der Waals surface area contributed by atoms with Gasteiger partial charge < -0.3 is 5.32 Å². The zero-order valence-electron chi connectivity index (χ0n) is 10.0. The van der Waals surface area contributed by atoms with Crippen LogP contribution in [0.3, 0.4) is 0 Å². The molecule has 1 N–H and O–H groups in total. The summed E-state index contributed by atoms with van der Waals surface area (Å²) in [6.07, 6.45) is 2.45. The molecule has 1 aromatic rings. The van der Waals surface area contributed by atoms with Crippen molar-refractivity contribution in [2.24, 2.45) is 5.92 Å². The summed E-state index contributed by atoms with van der Waals surface area (Å²) < 4.78 is 0. The van der Waals surface area contributed by atoms with Crippen molar-refractivity contribution in [1.82, 2.24) is 5.32 Å². The molecule has 1 heterocycles. The molecule has 15 heavy (non-hydrogen) atoms. The van der Waals surface area contributed by atoms with Crippen LogP contribution in [-0.2, 0) is 12.0 Å². The Bertz CT molecular complexity index is 320. The van der Waals surface area contributed by atoms with Gasteiger partial charge in [0.15, 0.2) is 0 Å². The molecule has 0 radical (unpaired) electrons. The monoisotopic (exact) mass is 203 g/mol. The highest BCUT2D eigenvalue weighted by Gasteiger charge is 2.32. The van der Waals surface area contributed by atoms with E-state index < -0.39 is 0 Å². The lowest BCUT2D eigenvalue weighted by Gasteiger charge is -2.40. The Morgan fingerprint density at radius 2 is 1.87 bits per heavy atom. The first kappa shape index (κ1) is 10.7. The van der Waals surface area contributed by atoms with Gasteiger partial charge in [0.1, 0.15) is 0 Å². The summed E-state index contributed by atoms with van der Waals surface area (Å²) in [5, 5.41) is 3.50. The molecule has 1 aliphatic heterocycles. The van der Waals surface area contributed by atoms with Crippen molar-refractivity contribution in [2.75, 3.05) is 6.54 Å². The second kappa shape index (κ2) is 3.97. The molecule has 0 aromatic heterocycles. The van der Waals surface area contributed by atoms with Crippen molar-refractivity contribution < 1.29 is 0 Å². The molecule has 1 aromatic carbocycles. The first-order valence-electron chi connectivity index (χ1n) is 5.94. The van der Waals surface area contributed by atoms with Crippen molar-refractivity contribution in [3.63, 3.8) is 0 Å². The van der Waals surface area contributed by atoms with Crippen molar-refractivity contribution >= 4 is 0 Å². The van der Waals surface area contributed by atoms with E-state index in [1.807, 2.05) is 0 Å². The molecular formula is C14H21N. The second-order valence-electron chi connectivity index (χ2n) is 5.30. The first-order chi connectivity index (χ1) is 7.10. The van der Waals surface area contributed by atoms with Gasteiger partial charge in [-0.1, -0.05) is 38.1 Å². The van der Waals surface area contributed by atoms with Crippen molar-refractivity contribution in [3.8, 4) is 0 Å². The topological polar surface area (TPSA) is 12.0 Å². The maximum atomic E-state index is 3.50. The fourth-order valence-corrected chi connectivity index (χ4v) is 2.23. The summed E-state index contributed by atoms with van der Waals surface area (Å²) in [6, 6.07) is 9.12. The highest BCUT2D eigenvalue weighted by molar-refractivity contribution is 5.30. The maximum Gasteiger partial charge on any atom is 0.0418 e. The Labute approximate surface area is 92.9 Å². The molecule has 1 fully saturated rings. The molecule has 1 aliphatic rings. The smallest absolute Gasteiger partial charge is 0.0418 e. The highest BCUT2D eigenvalue weighted by Crippen LogP contribution is 2.30. The van der Waals surface area contributed by atoms with Gasteiger partial charge in [0, 0.05) is 5.54 Å². The maximum absolute atomic E-state index is 3.50. The minimum atomic E-state index is 0.246. The van der Waals surface area contributed by atoms with Crippen LogP contribution < -0.4 is 5.32 Å². The predicted molar refractivity (Wildman–Crippen MR) is 65.0 cm³/mol. The quantitative estimate of drug-likeness (QED) is 0.796. The minimum Gasteiger partial charge on any atom is -0.307 e. The van der Waals surface area contributed by atoms with E-state index >= 15 is 0 Å². The van der Waals surface area contributed by atoms with E-state index in [1.54, 1.807) is 0 Å². The molecule has 1 saturated heterocycles. The van der Waals surface area contributed by atoms with E-state index in [4.69, 9.17) is 0 Å². The van der Waals surface area contributed by atoms with Crippen LogP contribution in [0.25, 0.3) is 0 Å². The number of nitrogens with one attached hydrogen (secondary N) is 1. The van der Waals surface area contributed by atoms with Gasteiger partial charge in [-0.15, -0.1) is 0 Å². The van der Waals surface area contributed by atoms with Gasteiger partial charge in [0.25, 0.3) is 0 Å². The van der Waals surface area contributed by atoms with Gasteiger partial charge in [-0.2, -0.15) is 0 Å². The zero-order chi connectivity index (χ0) is 10.9. The third-order valence-electron chi connectivity index (χ3n) is 3.38. The molecular weight excluding hydrogens is 182 g/mol. The average molecular weight is 203 g/mol. The summed E-state index contributed by atoms with van der Waals surface area (Å²) in [7, 11) is 0. The van der Waals surface area contributed by atoms with Crippen LogP contribution in [0.2, 0.25) is 0 Å². The first-order valence-corrected chi connectivity index (χ1v) is 5.94. The molecule has 0 bridgehead atoms. The van der Waals surface area contributed by atoms with Gasteiger partial charge in [-0.3, -0.25) is 0 Å². The zero-order valence-corrected chi connectivity index (χ0v) is 10.0. The second-order valence-corrected chi connectivity index (χ2v) is 5.30. The van der Waals surface area contributed by atoms with E-state index in [-0.39, 0.29) is 5.54 Å². The van der Waals surface area contributed by atoms with Crippen LogP contribution in [-0.4, -0.2) is 6.54 Å². The van der Waals surface area contributed by atoms with Crippen LogP contribution in [0.5, 0.6) is 0 Å². The predicted octanol–water partition coefficient (Wildman–Crippen LogP) is 3.09. The minimum absolute atomic E-state index is 0.246. The number of rotatable bonds is 3. The van der Waals surface area contributed by atoms with Crippen molar-refractivity contribution in [2.45, 2.75) is 39.2 Å². The molecule has 1 atom stereocenters. The Morgan fingerprint density at radius 3 is 2.27 bits per heavy atom. The molecule has 0 amide bonds. The Kier molecular flexibility index (Phi) is 2.83. The molecule has 0 aliphatic carbocycles. The molecule has 0 saturated carbocycles. The molecule has 1 nitrogen and oxygen atoms in total. The Balaban J connectivity index is 2.10. The Hall–Kier alpha value is -0.820. The lowest BCUT2D eigenvalue weighted by Crippen LogP contribution is -2.51. The fourth-order valence-electron chi connectivity index (χ4n) is 2.23. The lowest BCUT2D eigenvalue weighted by molar-refractivity contribution is 0.237. The third-order valence-corrected chi connectivity index (χ3v) is 3.38. The number of hydrogen-bond acceptors (Lipinski definition) is 1. The summed E-state index contributed by atoms with van der Waals surface area (Å²) in [5.74, 6) is 0.744. The molecule has 1 heteroatoms. The van der Waals surface area contributed by atoms with Gasteiger partial charge >= 0.3 is 0 Å². The van der Waals surface area contributed by atoms with Crippen LogP contribution in [0.1, 0.15) is 38.3 Å². The van der Waals surface area contributed by atoms with Crippen molar-refractivity contribution in [3.05, 3.63) is 35.4 Å². The fraction of sp³-hybridized carbons (Fsp3) is 0.571. The molecule has 82 valence electrons. The summed E-state index contributed by atoms with van der Waals surface area (Å²) in [5.41, 5.74) is 3.13. The average Bonchev–Trinajstić information content (AvgIpc) is 2.14. The summed E-state index contributed by atoms with van der Waals surface area (Å²) >= 11 is 0. The number of hydrogen-bond donors (Lipinski definition) is 1. The highest BCUT2D eigenvalue weighted by atomic mass is 15.0. The number of benzene rings is 1. The Morgan fingerprint density at radius 1 is 1.27 bits per heavy atom. The third kappa shape index (κ3) is 2.23. The van der Waals surface area contributed by atoms with E-state index in [0.717, 1.165) is 12.5 Å². The van der Waals surface area contributed by atoms with Crippen LogP contribution >= 0.6 is 0 Å². The summed E-state index contributed by atoms with van der Waals surface area (Å²) in [6.45, 7) is 7.98. The van der Waals surface area contributed by atoms with Crippen molar-refractivity contribution in [1.29, 1.82) is 0 Å². The van der Waals surface area contributed by atoms with E-state index in [1.165, 1.54) is 24.0 Å². The molecule has 0 spiro atoms. The normalized spacial score (nSPS) is 25.3. The standard InChI is InChI=1S/C14H21N/c1-11(2)10-12-4-6-13(7-5-12)14(3)8-9-15-14/h4-7,11,15H,8-10H2,1-3H3. The SMILES string of the molecule is CC(C)Cc1ccc(C2(C)CCN2)cc1. The summed E-state index contributed by atoms with van der Waals surface area (Å²) in [4.78, 5) is 0. The van der Waals surface area contributed by atoms with E-state index in [2.05, 4.69) is 50.4 Å².